The molecule has 1 aromatic carbocycles. The first-order valence-electron chi connectivity index (χ1n) is 8.74. The van der Waals surface area contributed by atoms with Crippen molar-refractivity contribution in [1.82, 2.24) is 15.2 Å². The maximum Gasteiger partial charge on any atom is 0.124 e. The predicted molar refractivity (Wildman–Crippen MR) is 97.2 cm³/mol. The Morgan fingerprint density at radius 2 is 2.08 bits per heavy atom. The Hall–Kier alpha value is -1.91. The van der Waals surface area contributed by atoms with Crippen LogP contribution in [0.15, 0.2) is 42.6 Å². The Labute approximate surface area is 144 Å². The zero-order chi connectivity index (χ0) is 16.9. The standard InChI is InChI=1S/C20H27N3O/c1-15(2)24-20-7-5-4-6-18(20)19-14-23(11-10-21-19)13-17-9-8-16(3)22-12-17/h4-9,12,15,19,21H,10-11,13-14H2,1-3H3/t19-/m0/s1. The molecule has 1 saturated heterocycles. The summed E-state index contributed by atoms with van der Waals surface area (Å²) in [7, 11) is 0. The number of piperazine rings is 1. The van der Waals surface area contributed by atoms with Crippen LogP contribution in [0, 0.1) is 6.92 Å². The summed E-state index contributed by atoms with van der Waals surface area (Å²) in [5.74, 6) is 0.990. The van der Waals surface area contributed by atoms with Gasteiger partial charge in [-0.1, -0.05) is 24.3 Å². The minimum atomic E-state index is 0.185. The number of rotatable bonds is 5. The molecule has 2 heterocycles. The number of ether oxygens (including phenoxy) is 1. The molecule has 0 radical (unpaired) electrons. The third-order valence-corrected chi connectivity index (χ3v) is 4.30. The zero-order valence-electron chi connectivity index (χ0n) is 14.8. The average Bonchev–Trinajstić information content (AvgIpc) is 2.57. The van der Waals surface area contributed by atoms with Crippen molar-refractivity contribution in [3.63, 3.8) is 0 Å². The van der Waals surface area contributed by atoms with E-state index >= 15 is 0 Å². The number of hydrogen-bond acceptors (Lipinski definition) is 4. The summed E-state index contributed by atoms with van der Waals surface area (Å²) in [5, 5.41) is 3.64. The van der Waals surface area contributed by atoms with E-state index in [2.05, 4.69) is 59.4 Å². The molecule has 1 aromatic heterocycles. The molecule has 0 amide bonds. The Morgan fingerprint density at radius 1 is 1.25 bits per heavy atom. The van der Waals surface area contributed by atoms with Gasteiger partial charge in [0.05, 0.1) is 6.10 Å². The summed E-state index contributed by atoms with van der Waals surface area (Å²) < 4.78 is 6.00. The molecule has 2 aromatic rings. The summed E-state index contributed by atoms with van der Waals surface area (Å²) in [6.07, 6.45) is 2.17. The topological polar surface area (TPSA) is 37.4 Å². The molecule has 128 valence electrons. The first kappa shape index (κ1) is 16.9. The Kier molecular flexibility index (Phi) is 5.48. The zero-order valence-corrected chi connectivity index (χ0v) is 14.8. The van der Waals surface area contributed by atoms with Gasteiger partial charge in [-0.3, -0.25) is 9.88 Å². The Morgan fingerprint density at radius 3 is 2.83 bits per heavy atom. The lowest BCUT2D eigenvalue weighted by Crippen LogP contribution is -2.45. The van der Waals surface area contributed by atoms with Crippen LogP contribution >= 0.6 is 0 Å². The van der Waals surface area contributed by atoms with Crippen LogP contribution in [0.2, 0.25) is 0 Å². The van der Waals surface area contributed by atoms with Crippen molar-refractivity contribution in [2.45, 2.75) is 39.5 Å². The molecule has 0 spiro atoms. The van der Waals surface area contributed by atoms with E-state index in [1.807, 2.05) is 19.2 Å². The van der Waals surface area contributed by atoms with E-state index in [0.29, 0.717) is 6.04 Å². The van der Waals surface area contributed by atoms with Crippen molar-refractivity contribution in [3.05, 3.63) is 59.4 Å². The number of nitrogens with one attached hydrogen (secondary N) is 1. The van der Waals surface area contributed by atoms with Crippen molar-refractivity contribution in [2.24, 2.45) is 0 Å². The van der Waals surface area contributed by atoms with E-state index in [1.165, 1.54) is 11.1 Å². The second-order valence-corrected chi connectivity index (χ2v) is 6.75. The third kappa shape index (κ3) is 4.34. The van der Waals surface area contributed by atoms with Gasteiger partial charge in [-0.25, -0.2) is 0 Å². The number of nitrogens with zero attached hydrogens (tertiary/aromatic N) is 2. The fourth-order valence-electron chi connectivity index (χ4n) is 3.14. The van der Waals surface area contributed by atoms with Gasteiger partial charge in [-0.2, -0.15) is 0 Å². The summed E-state index contributed by atoms with van der Waals surface area (Å²) >= 11 is 0. The highest BCUT2D eigenvalue weighted by Gasteiger charge is 2.23. The largest absolute Gasteiger partial charge is 0.491 e. The van der Waals surface area contributed by atoms with E-state index in [9.17, 15) is 0 Å². The lowest BCUT2D eigenvalue weighted by atomic mass is 10.0. The van der Waals surface area contributed by atoms with Gasteiger partial charge in [0.2, 0.25) is 0 Å². The highest BCUT2D eigenvalue weighted by atomic mass is 16.5. The number of aryl methyl sites for hydroxylation is 1. The lowest BCUT2D eigenvalue weighted by Gasteiger charge is -2.34. The van der Waals surface area contributed by atoms with Crippen LogP contribution in [0.4, 0.5) is 0 Å². The monoisotopic (exact) mass is 325 g/mol. The summed E-state index contributed by atoms with van der Waals surface area (Å²) in [5.41, 5.74) is 3.59. The summed E-state index contributed by atoms with van der Waals surface area (Å²) in [6.45, 7) is 10.1. The van der Waals surface area contributed by atoms with E-state index in [-0.39, 0.29) is 6.10 Å². The molecule has 0 aliphatic carbocycles. The van der Waals surface area contributed by atoms with Gasteiger partial charge < -0.3 is 10.1 Å². The molecule has 4 heteroatoms. The molecule has 4 nitrogen and oxygen atoms in total. The highest BCUT2D eigenvalue weighted by Crippen LogP contribution is 2.28. The number of hydrogen-bond donors (Lipinski definition) is 1. The van der Waals surface area contributed by atoms with Gasteiger partial charge in [-0.05, 0) is 38.5 Å². The van der Waals surface area contributed by atoms with Crippen molar-refractivity contribution < 1.29 is 4.74 Å². The quantitative estimate of drug-likeness (QED) is 0.915. The fourth-order valence-corrected chi connectivity index (χ4v) is 3.14. The minimum absolute atomic E-state index is 0.185. The second-order valence-electron chi connectivity index (χ2n) is 6.75. The maximum atomic E-state index is 6.00. The van der Waals surface area contributed by atoms with Gasteiger partial charge in [0.25, 0.3) is 0 Å². The maximum absolute atomic E-state index is 6.00. The molecule has 1 N–H and O–H groups in total. The molecule has 1 aliphatic heterocycles. The number of benzene rings is 1. The molecular weight excluding hydrogens is 298 g/mol. The lowest BCUT2D eigenvalue weighted by molar-refractivity contribution is 0.186. The number of aromatic nitrogens is 1. The van der Waals surface area contributed by atoms with Crippen LogP contribution in [0.5, 0.6) is 5.75 Å². The third-order valence-electron chi connectivity index (χ3n) is 4.30. The van der Waals surface area contributed by atoms with E-state index < -0.39 is 0 Å². The molecule has 1 atom stereocenters. The van der Waals surface area contributed by atoms with Crippen molar-refractivity contribution in [1.29, 1.82) is 0 Å². The molecule has 1 aliphatic rings. The van der Waals surface area contributed by atoms with Gasteiger partial charge in [0, 0.05) is 49.7 Å². The highest BCUT2D eigenvalue weighted by molar-refractivity contribution is 5.36. The number of para-hydroxylation sites is 1. The Bertz CT molecular complexity index is 654. The second kappa shape index (κ2) is 7.77. The van der Waals surface area contributed by atoms with Gasteiger partial charge in [-0.15, -0.1) is 0 Å². The van der Waals surface area contributed by atoms with E-state index in [1.54, 1.807) is 0 Å². The first-order valence-corrected chi connectivity index (χ1v) is 8.74. The fraction of sp³-hybridized carbons (Fsp3) is 0.450. The average molecular weight is 325 g/mol. The first-order chi connectivity index (χ1) is 11.6. The molecule has 0 unspecified atom stereocenters. The molecule has 24 heavy (non-hydrogen) atoms. The molecule has 3 rings (SSSR count). The van der Waals surface area contributed by atoms with Crippen LogP contribution in [0.3, 0.4) is 0 Å². The molecule has 0 saturated carbocycles. The predicted octanol–water partition coefficient (Wildman–Crippen LogP) is 3.32. The van der Waals surface area contributed by atoms with Crippen LogP contribution in [-0.2, 0) is 6.54 Å². The van der Waals surface area contributed by atoms with Crippen LogP contribution in [0.1, 0.15) is 36.7 Å². The normalized spacial score (nSPS) is 18.8. The number of pyridine rings is 1. The summed E-state index contributed by atoms with van der Waals surface area (Å²) in [4.78, 5) is 6.89. The van der Waals surface area contributed by atoms with E-state index in [4.69, 9.17) is 4.74 Å². The smallest absolute Gasteiger partial charge is 0.124 e. The summed E-state index contributed by atoms with van der Waals surface area (Å²) in [6, 6.07) is 12.9. The van der Waals surface area contributed by atoms with Gasteiger partial charge in [0.1, 0.15) is 5.75 Å². The van der Waals surface area contributed by atoms with Crippen molar-refractivity contribution in [2.75, 3.05) is 19.6 Å². The van der Waals surface area contributed by atoms with Crippen LogP contribution < -0.4 is 10.1 Å². The minimum Gasteiger partial charge on any atom is -0.491 e. The van der Waals surface area contributed by atoms with Crippen LogP contribution in [0.25, 0.3) is 0 Å². The molecular formula is C20H27N3O. The molecule has 0 bridgehead atoms. The SMILES string of the molecule is Cc1ccc(CN2CCN[C@H](c3ccccc3OC(C)C)C2)cn1. The van der Waals surface area contributed by atoms with Gasteiger partial charge >= 0.3 is 0 Å². The van der Waals surface area contributed by atoms with Crippen LogP contribution in [-0.4, -0.2) is 35.6 Å². The van der Waals surface area contributed by atoms with Crippen molar-refractivity contribution >= 4 is 0 Å². The van der Waals surface area contributed by atoms with Gasteiger partial charge in [0.15, 0.2) is 0 Å². The van der Waals surface area contributed by atoms with Crippen molar-refractivity contribution in [3.8, 4) is 5.75 Å². The van der Waals surface area contributed by atoms with E-state index in [0.717, 1.165) is 37.6 Å². The Balaban J connectivity index is 1.70. The molecule has 1 fully saturated rings.